The number of rotatable bonds is 6. The van der Waals surface area contributed by atoms with Gasteiger partial charge in [-0.25, -0.2) is 22.3 Å². The van der Waals surface area contributed by atoms with Gasteiger partial charge in [0, 0.05) is 19.1 Å². The van der Waals surface area contributed by atoms with E-state index in [1.165, 1.54) is 18.2 Å². The number of benzene rings is 2. The van der Waals surface area contributed by atoms with E-state index in [2.05, 4.69) is 4.72 Å². The molecule has 27 heavy (non-hydrogen) atoms. The molecule has 1 aliphatic rings. The molecule has 2 aromatic carbocycles. The molecule has 144 valence electrons. The van der Waals surface area contributed by atoms with Crippen LogP contribution in [0.2, 0.25) is 0 Å². The Morgan fingerprint density at radius 1 is 1.22 bits per heavy atom. The van der Waals surface area contributed by atoms with Crippen LogP contribution >= 0.6 is 0 Å². The Balaban J connectivity index is 1.69. The molecule has 0 bridgehead atoms. The summed E-state index contributed by atoms with van der Waals surface area (Å²) in [5, 5.41) is 9.31. The maximum atomic E-state index is 13.3. The highest BCUT2D eigenvalue weighted by Crippen LogP contribution is 2.19. The molecular formula is C19H21FN2O4S. The summed E-state index contributed by atoms with van der Waals surface area (Å²) in [6, 6.07) is 11.4. The lowest BCUT2D eigenvalue weighted by Crippen LogP contribution is -2.47. The fraction of sp³-hybridized carbons (Fsp3) is 0.316. The number of nitrogens with zero attached hydrogens (tertiary/aromatic N) is 1. The summed E-state index contributed by atoms with van der Waals surface area (Å²) < 4.78 is 40.9. The molecular weight excluding hydrogens is 371 g/mol. The second kappa shape index (κ2) is 8.16. The zero-order valence-electron chi connectivity index (χ0n) is 14.6. The van der Waals surface area contributed by atoms with Gasteiger partial charge in [0.2, 0.25) is 10.0 Å². The molecule has 1 unspecified atom stereocenters. The molecule has 1 heterocycles. The number of hydrogen-bond donors (Lipinski definition) is 2. The number of carboxylic acids is 1. The number of nitrogens with one attached hydrogen (secondary N) is 1. The molecule has 2 N–H and O–H groups in total. The standard InChI is InChI=1S/C19H21FN2O4S/c20-15-6-3-8-17(11-15)27(25,26)21-16-7-4-10-22(13-16)12-14-5-1-2-9-18(14)19(23)24/h1-3,5-6,8-9,11,16,21H,4,7,10,12-13H2,(H,23,24). The predicted molar refractivity (Wildman–Crippen MR) is 98.4 cm³/mol. The molecule has 1 fully saturated rings. The first-order chi connectivity index (χ1) is 12.8. The van der Waals surface area contributed by atoms with E-state index in [4.69, 9.17) is 0 Å². The Morgan fingerprint density at radius 3 is 2.74 bits per heavy atom. The van der Waals surface area contributed by atoms with Crippen LogP contribution in [0, 0.1) is 5.82 Å². The lowest BCUT2D eigenvalue weighted by molar-refractivity contribution is 0.0694. The number of aromatic carboxylic acids is 1. The van der Waals surface area contributed by atoms with E-state index in [9.17, 15) is 22.7 Å². The number of sulfonamides is 1. The van der Waals surface area contributed by atoms with Crippen LogP contribution in [-0.2, 0) is 16.6 Å². The van der Waals surface area contributed by atoms with Crippen molar-refractivity contribution in [3.05, 3.63) is 65.5 Å². The quantitative estimate of drug-likeness (QED) is 0.789. The zero-order chi connectivity index (χ0) is 19.4. The van der Waals surface area contributed by atoms with Crippen molar-refractivity contribution in [2.75, 3.05) is 13.1 Å². The minimum atomic E-state index is -3.81. The van der Waals surface area contributed by atoms with Crippen molar-refractivity contribution in [2.45, 2.75) is 30.3 Å². The van der Waals surface area contributed by atoms with Crippen LogP contribution in [0.4, 0.5) is 4.39 Å². The summed E-state index contributed by atoms with van der Waals surface area (Å²) >= 11 is 0. The summed E-state index contributed by atoms with van der Waals surface area (Å²) in [6.07, 6.45) is 1.46. The largest absolute Gasteiger partial charge is 0.478 e. The first kappa shape index (κ1) is 19.5. The zero-order valence-corrected chi connectivity index (χ0v) is 15.5. The molecule has 0 saturated carbocycles. The smallest absolute Gasteiger partial charge is 0.336 e. The number of likely N-dealkylation sites (tertiary alicyclic amines) is 1. The van der Waals surface area contributed by atoms with Crippen molar-refractivity contribution in [1.29, 1.82) is 0 Å². The van der Waals surface area contributed by atoms with Crippen LogP contribution in [0.1, 0.15) is 28.8 Å². The van der Waals surface area contributed by atoms with Crippen molar-refractivity contribution >= 4 is 16.0 Å². The maximum absolute atomic E-state index is 13.3. The summed E-state index contributed by atoms with van der Waals surface area (Å²) in [4.78, 5) is 13.3. The molecule has 0 aliphatic carbocycles. The highest BCUT2D eigenvalue weighted by atomic mass is 32.2. The van der Waals surface area contributed by atoms with Crippen LogP contribution < -0.4 is 4.72 Å². The van der Waals surface area contributed by atoms with Crippen LogP contribution in [0.15, 0.2) is 53.4 Å². The topological polar surface area (TPSA) is 86.7 Å². The third-order valence-corrected chi connectivity index (χ3v) is 6.09. The Morgan fingerprint density at radius 2 is 2.00 bits per heavy atom. The van der Waals surface area contributed by atoms with Gasteiger partial charge in [-0.15, -0.1) is 0 Å². The highest BCUT2D eigenvalue weighted by Gasteiger charge is 2.26. The van der Waals surface area contributed by atoms with Crippen molar-refractivity contribution in [3.8, 4) is 0 Å². The van der Waals surface area contributed by atoms with Crippen molar-refractivity contribution in [1.82, 2.24) is 9.62 Å². The van der Waals surface area contributed by atoms with E-state index in [1.807, 2.05) is 4.90 Å². The maximum Gasteiger partial charge on any atom is 0.336 e. The normalized spacial score (nSPS) is 18.3. The molecule has 8 heteroatoms. The van der Waals surface area contributed by atoms with Gasteiger partial charge in [-0.05, 0) is 49.2 Å². The molecule has 1 aliphatic heterocycles. The van der Waals surface area contributed by atoms with Gasteiger partial charge in [0.25, 0.3) is 0 Å². The molecule has 0 amide bonds. The van der Waals surface area contributed by atoms with Crippen molar-refractivity contribution < 1.29 is 22.7 Å². The van der Waals surface area contributed by atoms with Gasteiger partial charge in [-0.3, -0.25) is 4.90 Å². The number of carboxylic acid groups (broad SMARTS) is 1. The van der Waals surface area contributed by atoms with E-state index in [1.54, 1.807) is 24.3 Å². The number of piperidine rings is 1. The van der Waals surface area contributed by atoms with Crippen LogP contribution in [-0.4, -0.2) is 43.5 Å². The number of carbonyl (C=O) groups is 1. The lowest BCUT2D eigenvalue weighted by Gasteiger charge is -2.33. The van der Waals surface area contributed by atoms with E-state index in [0.717, 1.165) is 19.0 Å². The summed E-state index contributed by atoms with van der Waals surface area (Å²) in [7, 11) is -3.81. The second-order valence-corrected chi connectivity index (χ2v) is 8.33. The molecule has 0 radical (unpaired) electrons. The summed E-state index contributed by atoms with van der Waals surface area (Å²) in [5.74, 6) is -1.58. The van der Waals surface area contributed by atoms with Crippen LogP contribution in [0.3, 0.4) is 0 Å². The van der Waals surface area contributed by atoms with Crippen molar-refractivity contribution in [3.63, 3.8) is 0 Å². The average Bonchev–Trinajstić information content (AvgIpc) is 2.62. The van der Waals surface area contributed by atoms with Crippen molar-refractivity contribution in [2.24, 2.45) is 0 Å². The van der Waals surface area contributed by atoms with E-state index < -0.39 is 21.8 Å². The predicted octanol–water partition coefficient (Wildman–Crippen LogP) is 2.47. The molecule has 3 rings (SSSR count). The second-order valence-electron chi connectivity index (χ2n) is 6.62. The minimum Gasteiger partial charge on any atom is -0.478 e. The van der Waals surface area contributed by atoms with Gasteiger partial charge in [0.1, 0.15) is 5.82 Å². The number of hydrogen-bond acceptors (Lipinski definition) is 4. The third-order valence-electron chi connectivity index (χ3n) is 4.58. The molecule has 1 atom stereocenters. The molecule has 1 saturated heterocycles. The fourth-order valence-corrected chi connectivity index (χ4v) is 4.62. The number of halogens is 1. The van der Waals surface area contributed by atoms with E-state index in [-0.39, 0.29) is 16.5 Å². The SMILES string of the molecule is O=C(O)c1ccccc1CN1CCCC(NS(=O)(=O)c2cccc(F)c2)C1. The minimum absolute atomic E-state index is 0.101. The Bertz CT molecular complexity index is 933. The summed E-state index contributed by atoms with van der Waals surface area (Å²) in [6.45, 7) is 1.65. The molecule has 2 aromatic rings. The lowest BCUT2D eigenvalue weighted by atomic mass is 10.0. The van der Waals surface area contributed by atoms with Gasteiger partial charge >= 0.3 is 5.97 Å². The fourth-order valence-electron chi connectivity index (χ4n) is 3.32. The highest BCUT2D eigenvalue weighted by molar-refractivity contribution is 7.89. The first-order valence-corrected chi connectivity index (χ1v) is 10.1. The average molecular weight is 392 g/mol. The van der Waals surface area contributed by atoms with Gasteiger partial charge in [0.15, 0.2) is 0 Å². The monoisotopic (exact) mass is 392 g/mol. The third kappa shape index (κ3) is 4.91. The van der Waals surface area contributed by atoms with Gasteiger partial charge in [-0.1, -0.05) is 24.3 Å². The van der Waals surface area contributed by atoms with Gasteiger partial charge in [-0.2, -0.15) is 0 Å². The van der Waals surface area contributed by atoms with E-state index >= 15 is 0 Å². The Kier molecular flexibility index (Phi) is 5.88. The van der Waals surface area contributed by atoms with Crippen LogP contribution in [0.5, 0.6) is 0 Å². The van der Waals surface area contributed by atoms with E-state index in [0.29, 0.717) is 25.1 Å². The Hall–Kier alpha value is -2.29. The molecule has 0 spiro atoms. The molecule has 6 nitrogen and oxygen atoms in total. The summed E-state index contributed by atoms with van der Waals surface area (Å²) in [5.41, 5.74) is 0.943. The van der Waals surface area contributed by atoms with Crippen LogP contribution in [0.25, 0.3) is 0 Å². The Labute approximate surface area is 157 Å². The first-order valence-electron chi connectivity index (χ1n) is 8.66. The van der Waals surface area contributed by atoms with Gasteiger partial charge < -0.3 is 5.11 Å². The van der Waals surface area contributed by atoms with Gasteiger partial charge in [0.05, 0.1) is 10.5 Å². The molecule has 0 aromatic heterocycles.